The summed E-state index contributed by atoms with van der Waals surface area (Å²) in [6, 6.07) is 6.33. The van der Waals surface area contributed by atoms with Crippen molar-refractivity contribution in [3.05, 3.63) is 24.0 Å². The molecule has 4 heteroatoms. The van der Waals surface area contributed by atoms with Crippen molar-refractivity contribution in [2.24, 2.45) is 5.73 Å². The van der Waals surface area contributed by atoms with Crippen molar-refractivity contribution < 1.29 is 4.74 Å². The Hall–Kier alpha value is -1.55. The summed E-state index contributed by atoms with van der Waals surface area (Å²) >= 11 is 0. The van der Waals surface area contributed by atoms with Crippen molar-refractivity contribution >= 4 is 11.0 Å². The van der Waals surface area contributed by atoms with E-state index in [9.17, 15) is 0 Å². The second-order valence-corrected chi connectivity index (χ2v) is 5.12. The number of hydrogen-bond acceptors (Lipinski definition) is 3. The summed E-state index contributed by atoms with van der Waals surface area (Å²) in [7, 11) is 1.68. The van der Waals surface area contributed by atoms with Gasteiger partial charge in [0.2, 0.25) is 0 Å². The molecule has 1 aromatic heterocycles. The normalized spacial score (nSPS) is 24.3. The third-order valence-electron chi connectivity index (χ3n) is 3.87. The Balaban J connectivity index is 1.88. The quantitative estimate of drug-likeness (QED) is 0.854. The van der Waals surface area contributed by atoms with Gasteiger partial charge in [0.25, 0.3) is 0 Å². The van der Waals surface area contributed by atoms with Gasteiger partial charge >= 0.3 is 0 Å². The minimum Gasteiger partial charge on any atom is -0.497 e. The number of fused-ring (bicyclic) bond motifs is 1. The molecule has 96 valence electrons. The van der Waals surface area contributed by atoms with Crippen LogP contribution >= 0.6 is 0 Å². The molecule has 1 heterocycles. The molecule has 0 radical (unpaired) electrons. The van der Waals surface area contributed by atoms with Gasteiger partial charge in [-0.2, -0.15) is 0 Å². The highest BCUT2D eigenvalue weighted by Crippen LogP contribution is 2.32. The number of H-pyrrole nitrogens is 1. The Kier molecular flexibility index (Phi) is 2.96. The maximum Gasteiger partial charge on any atom is 0.121 e. The smallest absolute Gasteiger partial charge is 0.121 e. The van der Waals surface area contributed by atoms with Crippen molar-refractivity contribution in [2.75, 3.05) is 7.11 Å². The number of nitrogens with zero attached hydrogens (tertiary/aromatic N) is 1. The second kappa shape index (κ2) is 4.61. The van der Waals surface area contributed by atoms with Crippen LogP contribution in [0.1, 0.15) is 37.4 Å². The maximum atomic E-state index is 5.94. The Morgan fingerprint density at radius 1 is 1.28 bits per heavy atom. The highest BCUT2D eigenvalue weighted by molar-refractivity contribution is 5.76. The van der Waals surface area contributed by atoms with Crippen LogP contribution in [0.5, 0.6) is 5.75 Å². The first kappa shape index (κ1) is 11.5. The molecular weight excluding hydrogens is 226 g/mol. The summed E-state index contributed by atoms with van der Waals surface area (Å²) in [6.07, 6.45) is 4.48. The minimum absolute atomic E-state index is 0.380. The lowest BCUT2D eigenvalue weighted by Gasteiger charge is -2.24. The van der Waals surface area contributed by atoms with Gasteiger partial charge in [0, 0.05) is 18.0 Å². The van der Waals surface area contributed by atoms with Crippen molar-refractivity contribution in [3.63, 3.8) is 0 Å². The molecule has 1 saturated carbocycles. The van der Waals surface area contributed by atoms with Gasteiger partial charge in [0.1, 0.15) is 11.6 Å². The molecule has 18 heavy (non-hydrogen) atoms. The summed E-state index contributed by atoms with van der Waals surface area (Å²) in [6.45, 7) is 0. The molecule has 1 aliphatic carbocycles. The Labute approximate surface area is 107 Å². The second-order valence-electron chi connectivity index (χ2n) is 5.12. The predicted octanol–water partition coefficient (Wildman–Crippen LogP) is 2.56. The van der Waals surface area contributed by atoms with E-state index < -0.39 is 0 Å². The fraction of sp³-hybridized carbons (Fsp3) is 0.500. The van der Waals surface area contributed by atoms with Gasteiger partial charge in [-0.1, -0.05) is 0 Å². The number of aromatic nitrogens is 2. The Morgan fingerprint density at radius 2 is 2.06 bits per heavy atom. The van der Waals surface area contributed by atoms with E-state index >= 15 is 0 Å². The molecule has 0 aliphatic heterocycles. The van der Waals surface area contributed by atoms with E-state index in [0.29, 0.717) is 12.0 Å². The van der Waals surface area contributed by atoms with E-state index in [-0.39, 0.29) is 0 Å². The molecule has 3 N–H and O–H groups in total. The Morgan fingerprint density at radius 3 is 2.78 bits per heavy atom. The van der Waals surface area contributed by atoms with Crippen molar-refractivity contribution in [1.82, 2.24) is 9.97 Å². The average molecular weight is 245 g/mol. The predicted molar refractivity (Wildman–Crippen MR) is 71.8 cm³/mol. The highest BCUT2D eigenvalue weighted by atomic mass is 16.5. The van der Waals surface area contributed by atoms with Gasteiger partial charge < -0.3 is 15.5 Å². The van der Waals surface area contributed by atoms with Crippen LogP contribution in [0.25, 0.3) is 11.0 Å². The molecular formula is C14H19N3O. The minimum atomic E-state index is 0.380. The van der Waals surface area contributed by atoms with E-state index in [0.717, 1.165) is 48.3 Å². The number of hydrogen-bond donors (Lipinski definition) is 2. The first-order valence-corrected chi connectivity index (χ1v) is 6.55. The van der Waals surface area contributed by atoms with E-state index in [1.807, 2.05) is 18.2 Å². The van der Waals surface area contributed by atoms with Crippen molar-refractivity contribution in [1.29, 1.82) is 0 Å². The standard InChI is InChI=1S/C14H19N3O/c1-18-11-6-7-12-13(8-11)17-14(16-12)9-2-4-10(15)5-3-9/h6-10H,2-5,15H2,1H3,(H,16,17). The highest BCUT2D eigenvalue weighted by Gasteiger charge is 2.22. The van der Waals surface area contributed by atoms with Crippen LogP contribution in [0.3, 0.4) is 0 Å². The number of methoxy groups -OCH3 is 1. The van der Waals surface area contributed by atoms with Crippen LogP contribution in [0, 0.1) is 0 Å². The lowest BCUT2D eigenvalue weighted by atomic mass is 9.86. The van der Waals surface area contributed by atoms with E-state index in [1.165, 1.54) is 0 Å². The molecule has 0 unspecified atom stereocenters. The van der Waals surface area contributed by atoms with Crippen LogP contribution in [-0.2, 0) is 0 Å². The van der Waals surface area contributed by atoms with Crippen LogP contribution in [0.15, 0.2) is 18.2 Å². The molecule has 1 fully saturated rings. The topological polar surface area (TPSA) is 63.9 Å². The largest absolute Gasteiger partial charge is 0.497 e. The van der Waals surface area contributed by atoms with Gasteiger partial charge in [0.05, 0.1) is 18.1 Å². The summed E-state index contributed by atoms with van der Waals surface area (Å²) in [5.74, 6) is 2.50. The average Bonchev–Trinajstić information content (AvgIpc) is 2.82. The number of imidazole rings is 1. The number of benzene rings is 1. The molecule has 1 aromatic carbocycles. The van der Waals surface area contributed by atoms with Crippen LogP contribution in [0.2, 0.25) is 0 Å². The summed E-state index contributed by atoms with van der Waals surface area (Å²) in [5, 5.41) is 0. The van der Waals surface area contributed by atoms with Crippen molar-refractivity contribution in [2.45, 2.75) is 37.6 Å². The fourth-order valence-electron chi connectivity index (χ4n) is 2.72. The molecule has 0 bridgehead atoms. The van der Waals surface area contributed by atoms with Gasteiger partial charge in [0.15, 0.2) is 0 Å². The Bertz CT molecular complexity index is 541. The fourth-order valence-corrected chi connectivity index (χ4v) is 2.72. The SMILES string of the molecule is COc1ccc2nc(C3CCC(N)CC3)[nH]c2c1. The summed E-state index contributed by atoms with van der Waals surface area (Å²) in [5.41, 5.74) is 8.01. The first-order valence-electron chi connectivity index (χ1n) is 6.55. The summed E-state index contributed by atoms with van der Waals surface area (Å²) < 4.78 is 5.23. The number of aromatic amines is 1. The summed E-state index contributed by atoms with van der Waals surface area (Å²) in [4.78, 5) is 8.11. The zero-order chi connectivity index (χ0) is 12.5. The molecule has 1 aliphatic rings. The van der Waals surface area contributed by atoms with E-state index in [1.54, 1.807) is 7.11 Å². The zero-order valence-corrected chi connectivity index (χ0v) is 10.6. The zero-order valence-electron chi connectivity index (χ0n) is 10.6. The monoisotopic (exact) mass is 245 g/mol. The van der Waals surface area contributed by atoms with Crippen LogP contribution in [0.4, 0.5) is 0 Å². The number of nitrogens with two attached hydrogens (primary N) is 1. The van der Waals surface area contributed by atoms with Gasteiger partial charge in [-0.05, 0) is 37.8 Å². The van der Waals surface area contributed by atoms with E-state index in [2.05, 4.69) is 9.97 Å². The lowest BCUT2D eigenvalue weighted by Crippen LogP contribution is -2.26. The van der Waals surface area contributed by atoms with Crippen molar-refractivity contribution in [3.8, 4) is 5.75 Å². The number of nitrogens with one attached hydrogen (secondary N) is 1. The lowest BCUT2D eigenvalue weighted by molar-refractivity contribution is 0.386. The number of ether oxygens (including phenoxy) is 1. The number of rotatable bonds is 2. The molecule has 4 nitrogen and oxygen atoms in total. The molecule has 0 saturated heterocycles. The molecule has 0 atom stereocenters. The van der Waals surface area contributed by atoms with Gasteiger partial charge in [-0.25, -0.2) is 4.98 Å². The van der Waals surface area contributed by atoms with Gasteiger partial charge in [-0.3, -0.25) is 0 Å². The molecule has 0 amide bonds. The third-order valence-corrected chi connectivity index (χ3v) is 3.87. The van der Waals surface area contributed by atoms with Gasteiger partial charge in [-0.15, -0.1) is 0 Å². The first-order chi connectivity index (χ1) is 8.76. The van der Waals surface area contributed by atoms with Crippen LogP contribution < -0.4 is 10.5 Å². The van der Waals surface area contributed by atoms with Crippen LogP contribution in [-0.4, -0.2) is 23.1 Å². The molecule has 2 aromatic rings. The molecule has 0 spiro atoms. The van der Waals surface area contributed by atoms with E-state index in [4.69, 9.17) is 10.5 Å². The maximum absolute atomic E-state index is 5.94. The molecule has 3 rings (SSSR count). The third kappa shape index (κ3) is 2.08.